The highest BCUT2D eigenvalue weighted by Crippen LogP contribution is 2.38. The van der Waals surface area contributed by atoms with Crippen LogP contribution < -0.4 is 16.0 Å². The fourth-order valence-electron chi connectivity index (χ4n) is 2.07. The van der Waals surface area contributed by atoms with Gasteiger partial charge in [-0.05, 0) is 13.8 Å². The summed E-state index contributed by atoms with van der Waals surface area (Å²) in [5, 5.41) is 4.16. The molecule has 138 valence electrons. The maximum Gasteiger partial charge on any atom is 0.397 e. The lowest BCUT2D eigenvalue weighted by atomic mass is 9.94. The molecule has 26 heavy (non-hydrogen) atoms. The molecule has 0 radical (unpaired) electrons. The van der Waals surface area contributed by atoms with Crippen molar-refractivity contribution in [3.05, 3.63) is 45.5 Å². The van der Waals surface area contributed by atoms with Crippen LogP contribution in [0, 0.1) is 5.41 Å². The van der Waals surface area contributed by atoms with Crippen LogP contribution in [0.5, 0.6) is 5.75 Å². The van der Waals surface area contributed by atoms with Crippen LogP contribution in [0.3, 0.4) is 0 Å². The molecular formula is C15H14F3N5O3. The highest BCUT2D eigenvalue weighted by Gasteiger charge is 2.48. The summed E-state index contributed by atoms with van der Waals surface area (Å²) in [7, 11) is 0. The Labute approximate surface area is 143 Å². The van der Waals surface area contributed by atoms with Crippen LogP contribution in [0.15, 0.2) is 34.2 Å². The first kappa shape index (κ1) is 17.7. The van der Waals surface area contributed by atoms with Crippen molar-refractivity contribution in [2.75, 3.05) is 6.61 Å². The van der Waals surface area contributed by atoms with Gasteiger partial charge in [0.15, 0.2) is 11.4 Å². The van der Waals surface area contributed by atoms with Gasteiger partial charge in [0, 0.05) is 24.7 Å². The second-order valence-electron chi connectivity index (χ2n) is 6.25. The number of H-pyrrole nitrogens is 2. The molecule has 8 nitrogen and oxygen atoms in total. The van der Waals surface area contributed by atoms with Crippen molar-refractivity contribution >= 4 is 5.65 Å². The standard InChI is InChI=1S/C15H14F3N5O3/c1-14(2,15(16,17)18)7-26-10-5-9(22-23-4-3-19-11(10)23)8-6-20-13(25)21-12(8)24/h3-6H,7H2,1-2H3,(H2,20,21,24,25). The SMILES string of the molecule is CC(C)(COc1cc(-c2c[nH]c(=O)[nH]c2=O)nn2ccnc12)C(F)(F)F. The van der Waals surface area contributed by atoms with Gasteiger partial charge in [-0.25, -0.2) is 14.3 Å². The Morgan fingerprint density at radius 2 is 2.00 bits per heavy atom. The molecule has 0 aliphatic carbocycles. The van der Waals surface area contributed by atoms with Crippen LogP contribution in [-0.2, 0) is 0 Å². The van der Waals surface area contributed by atoms with Crippen LogP contribution >= 0.6 is 0 Å². The number of aromatic amines is 2. The third-order valence-corrected chi connectivity index (χ3v) is 3.78. The molecule has 0 aliphatic rings. The van der Waals surface area contributed by atoms with Crippen molar-refractivity contribution in [3.63, 3.8) is 0 Å². The van der Waals surface area contributed by atoms with Crippen molar-refractivity contribution in [2.24, 2.45) is 5.41 Å². The number of hydrogen-bond donors (Lipinski definition) is 2. The van der Waals surface area contributed by atoms with E-state index < -0.39 is 29.4 Å². The average molecular weight is 369 g/mol. The predicted molar refractivity (Wildman–Crippen MR) is 85.0 cm³/mol. The summed E-state index contributed by atoms with van der Waals surface area (Å²) in [5.41, 5.74) is -3.14. The number of nitrogens with one attached hydrogen (secondary N) is 2. The van der Waals surface area contributed by atoms with Crippen LogP contribution in [-0.4, -0.2) is 37.3 Å². The summed E-state index contributed by atoms with van der Waals surface area (Å²) in [5.74, 6) is 0.0305. The maximum absolute atomic E-state index is 13.0. The van der Waals surface area contributed by atoms with Gasteiger partial charge >= 0.3 is 11.9 Å². The van der Waals surface area contributed by atoms with Crippen molar-refractivity contribution in [1.29, 1.82) is 0 Å². The molecule has 3 aromatic rings. The summed E-state index contributed by atoms with van der Waals surface area (Å²) in [6.45, 7) is 1.39. The highest BCUT2D eigenvalue weighted by atomic mass is 19.4. The number of fused-ring (bicyclic) bond motifs is 1. The van der Waals surface area contributed by atoms with E-state index in [0.717, 1.165) is 20.0 Å². The normalized spacial score (nSPS) is 12.5. The molecular weight excluding hydrogens is 355 g/mol. The molecule has 0 bridgehead atoms. The van der Waals surface area contributed by atoms with E-state index in [1.807, 2.05) is 0 Å². The molecule has 3 rings (SSSR count). The molecule has 0 aromatic carbocycles. The lowest BCUT2D eigenvalue weighted by Gasteiger charge is -2.27. The van der Waals surface area contributed by atoms with Crippen molar-refractivity contribution in [3.8, 4) is 17.0 Å². The van der Waals surface area contributed by atoms with E-state index in [0.29, 0.717) is 0 Å². The Bertz CT molecular complexity index is 1060. The summed E-state index contributed by atoms with van der Waals surface area (Å²) in [6, 6.07) is 1.30. The Balaban J connectivity index is 2.04. The van der Waals surface area contributed by atoms with Gasteiger partial charge in [-0.1, -0.05) is 0 Å². The quantitative estimate of drug-likeness (QED) is 0.729. The van der Waals surface area contributed by atoms with Crippen molar-refractivity contribution in [1.82, 2.24) is 24.6 Å². The summed E-state index contributed by atoms with van der Waals surface area (Å²) in [6.07, 6.45) is -0.439. The molecule has 0 aliphatic heterocycles. The number of hydrogen-bond acceptors (Lipinski definition) is 5. The van der Waals surface area contributed by atoms with Crippen LogP contribution in [0.2, 0.25) is 0 Å². The molecule has 0 fully saturated rings. The van der Waals surface area contributed by atoms with Gasteiger partial charge in [0.1, 0.15) is 12.3 Å². The Morgan fingerprint density at radius 1 is 1.27 bits per heavy atom. The molecule has 0 amide bonds. The van der Waals surface area contributed by atoms with E-state index in [2.05, 4.69) is 20.1 Å². The fourth-order valence-corrected chi connectivity index (χ4v) is 2.07. The van der Waals surface area contributed by atoms with E-state index in [9.17, 15) is 22.8 Å². The van der Waals surface area contributed by atoms with Gasteiger partial charge < -0.3 is 9.72 Å². The molecule has 3 heterocycles. The zero-order valence-corrected chi connectivity index (χ0v) is 13.7. The van der Waals surface area contributed by atoms with Crippen LogP contribution in [0.1, 0.15) is 13.8 Å². The van der Waals surface area contributed by atoms with Gasteiger partial charge in [0.05, 0.1) is 11.0 Å². The summed E-state index contributed by atoms with van der Waals surface area (Å²) >= 11 is 0. The van der Waals surface area contributed by atoms with E-state index in [-0.39, 0.29) is 22.7 Å². The molecule has 11 heteroatoms. The van der Waals surface area contributed by atoms with Crippen molar-refractivity contribution < 1.29 is 17.9 Å². The topological polar surface area (TPSA) is 105 Å². The molecule has 0 saturated heterocycles. The number of halogens is 3. The van der Waals surface area contributed by atoms with Crippen LogP contribution in [0.25, 0.3) is 16.9 Å². The number of aromatic nitrogens is 5. The first-order valence-corrected chi connectivity index (χ1v) is 7.45. The first-order chi connectivity index (χ1) is 12.1. The number of rotatable bonds is 4. The Kier molecular flexibility index (Phi) is 4.09. The minimum Gasteiger partial charge on any atom is -0.489 e. The molecule has 0 spiro atoms. The molecule has 2 N–H and O–H groups in total. The lowest BCUT2D eigenvalue weighted by molar-refractivity contribution is -0.219. The zero-order valence-electron chi connectivity index (χ0n) is 13.7. The third kappa shape index (κ3) is 3.19. The zero-order chi connectivity index (χ0) is 19.1. The first-order valence-electron chi connectivity index (χ1n) is 7.45. The largest absolute Gasteiger partial charge is 0.489 e. The number of imidazole rings is 1. The lowest BCUT2D eigenvalue weighted by Crippen LogP contribution is -2.37. The van der Waals surface area contributed by atoms with Crippen molar-refractivity contribution in [2.45, 2.75) is 20.0 Å². The number of ether oxygens (including phenoxy) is 1. The minimum atomic E-state index is -4.45. The molecule has 0 saturated carbocycles. The highest BCUT2D eigenvalue weighted by molar-refractivity contribution is 5.64. The second-order valence-corrected chi connectivity index (χ2v) is 6.25. The van der Waals surface area contributed by atoms with Gasteiger partial charge in [-0.15, -0.1) is 0 Å². The smallest absolute Gasteiger partial charge is 0.397 e. The molecule has 0 atom stereocenters. The molecule has 0 unspecified atom stereocenters. The number of nitrogens with zero attached hydrogens (tertiary/aromatic N) is 3. The van der Waals surface area contributed by atoms with Gasteiger partial charge in [-0.2, -0.15) is 18.3 Å². The Morgan fingerprint density at radius 3 is 2.65 bits per heavy atom. The van der Waals surface area contributed by atoms with E-state index in [1.54, 1.807) is 0 Å². The molecule has 3 aromatic heterocycles. The monoisotopic (exact) mass is 369 g/mol. The average Bonchev–Trinajstić information content (AvgIpc) is 3.00. The maximum atomic E-state index is 13.0. The van der Waals surface area contributed by atoms with Gasteiger partial charge in [0.25, 0.3) is 5.56 Å². The van der Waals surface area contributed by atoms with Gasteiger partial charge in [-0.3, -0.25) is 9.78 Å². The van der Waals surface area contributed by atoms with Crippen LogP contribution in [0.4, 0.5) is 13.2 Å². The predicted octanol–water partition coefficient (Wildman–Crippen LogP) is 1.74. The Hall–Kier alpha value is -3.11. The number of alkyl halides is 3. The third-order valence-electron chi connectivity index (χ3n) is 3.78. The summed E-state index contributed by atoms with van der Waals surface area (Å²) < 4.78 is 45.7. The van der Waals surface area contributed by atoms with E-state index in [1.165, 1.54) is 23.0 Å². The van der Waals surface area contributed by atoms with Gasteiger partial charge in [0.2, 0.25) is 0 Å². The second kappa shape index (κ2) is 6.00. The minimum absolute atomic E-state index is 0.0279. The van der Waals surface area contributed by atoms with E-state index in [4.69, 9.17) is 4.74 Å². The fraction of sp³-hybridized carbons (Fsp3) is 0.333. The van der Waals surface area contributed by atoms with E-state index >= 15 is 0 Å². The summed E-state index contributed by atoms with van der Waals surface area (Å²) in [4.78, 5) is 31.5.